The van der Waals surface area contributed by atoms with Crippen LogP contribution in [0.5, 0.6) is 0 Å². The highest BCUT2D eigenvalue weighted by Gasteiger charge is 2.13. The van der Waals surface area contributed by atoms with Crippen LogP contribution < -0.4 is 10.0 Å². The van der Waals surface area contributed by atoms with Gasteiger partial charge in [-0.15, -0.1) is 11.3 Å². The molecule has 0 bridgehead atoms. The Kier molecular flexibility index (Phi) is 7.87. The number of hydrogen-bond acceptors (Lipinski definition) is 7. The first kappa shape index (κ1) is 23.3. The van der Waals surface area contributed by atoms with E-state index in [-0.39, 0.29) is 0 Å². The smallest absolute Gasteiger partial charge is 0.321 e. The van der Waals surface area contributed by atoms with Crippen LogP contribution in [0, 0.1) is 6.92 Å². The van der Waals surface area contributed by atoms with E-state index in [9.17, 15) is 18.0 Å². The lowest BCUT2D eigenvalue weighted by molar-refractivity contribution is -0.146. The standard InChI is InChI=1S/C22H21N3O5S2/c1-16-7-9-18(10-8-16)19-15-31-22(24-19)25-20(26)14-30-21(27)13-23-32(28,29)12-11-17-5-3-2-4-6-17/h2-12,15,23H,13-14H2,1H3,(H,24,25,26)/b12-11+. The summed E-state index contributed by atoms with van der Waals surface area (Å²) in [6.45, 7) is 0.841. The van der Waals surface area contributed by atoms with Crippen molar-refractivity contribution >= 4 is 44.4 Å². The van der Waals surface area contributed by atoms with Crippen LogP contribution in [0.3, 0.4) is 0 Å². The van der Waals surface area contributed by atoms with Crippen molar-refractivity contribution in [2.75, 3.05) is 18.5 Å². The molecule has 3 aromatic rings. The number of ether oxygens (including phenoxy) is 1. The minimum absolute atomic E-state index is 0.369. The lowest BCUT2D eigenvalue weighted by Gasteiger charge is -2.05. The molecule has 3 rings (SSSR count). The molecule has 0 saturated heterocycles. The van der Waals surface area contributed by atoms with Crippen LogP contribution in [-0.2, 0) is 24.3 Å². The topological polar surface area (TPSA) is 114 Å². The highest BCUT2D eigenvalue weighted by Crippen LogP contribution is 2.25. The molecule has 0 unspecified atom stereocenters. The predicted molar refractivity (Wildman–Crippen MR) is 124 cm³/mol. The van der Waals surface area contributed by atoms with Crippen molar-refractivity contribution in [3.63, 3.8) is 0 Å². The fourth-order valence-electron chi connectivity index (χ4n) is 2.48. The monoisotopic (exact) mass is 471 g/mol. The Labute approximate surface area is 190 Å². The predicted octanol–water partition coefficient (Wildman–Crippen LogP) is 3.19. The minimum atomic E-state index is -3.83. The first-order valence-electron chi connectivity index (χ1n) is 9.51. The quantitative estimate of drug-likeness (QED) is 0.463. The van der Waals surface area contributed by atoms with Gasteiger partial charge in [0.1, 0.15) is 6.54 Å². The van der Waals surface area contributed by atoms with Crippen LogP contribution >= 0.6 is 11.3 Å². The Morgan fingerprint density at radius 2 is 1.81 bits per heavy atom. The van der Waals surface area contributed by atoms with E-state index >= 15 is 0 Å². The number of aryl methyl sites for hydroxylation is 1. The van der Waals surface area contributed by atoms with Gasteiger partial charge in [0.25, 0.3) is 5.91 Å². The number of anilines is 1. The van der Waals surface area contributed by atoms with E-state index in [0.717, 1.165) is 22.2 Å². The Balaban J connectivity index is 1.42. The zero-order chi connectivity index (χ0) is 23.0. The van der Waals surface area contributed by atoms with Crippen molar-refractivity contribution in [1.82, 2.24) is 9.71 Å². The zero-order valence-electron chi connectivity index (χ0n) is 17.1. The number of esters is 1. The van der Waals surface area contributed by atoms with Crippen molar-refractivity contribution in [2.45, 2.75) is 6.92 Å². The second-order valence-electron chi connectivity index (χ2n) is 6.69. The Bertz CT molecular complexity index is 1200. The van der Waals surface area contributed by atoms with E-state index in [4.69, 9.17) is 4.74 Å². The number of sulfonamides is 1. The number of thiazole rings is 1. The number of aromatic nitrogens is 1. The summed E-state index contributed by atoms with van der Waals surface area (Å²) in [5, 5.41) is 5.68. The van der Waals surface area contributed by atoms with Gasteiger partial charge in [0, 0.05) is 16.4 Å². The van der Waals surface area contributed by atoms with Crippen molar-refractivity contribution in [2.24, 2.45) is 0 Å². The number of carbonyl (C=O) groups is 2. The molecule has 0 aliphatic rings. The molecule has 0 aliphatic carbocycles. The highest BCUT2D eigenvalue weighted by molar-refractivity contribution is 7.92. The summed E-state index contributed by atoms with van der Waals surface area (Å²) in [5.74, 6) is -1.45. The molecule has 2 aromatic carbocycles. The maximum Gasteiger partial charge on any atom is 0.321 e. The van der Waals surface area contributed by atoms with E-state index in [2.05, 4.69) is 15.0 Å². The Morgan fingerprint density at radius 3 is 2.53 bits per heavy atom. The molecule has 8 nitrogen and oxygen atoms in total. The molecule has 0 radical (unpaired) electrons. The number of hydrogen-bond donors (Lipinski definition) is 2. The minimum Gasteiger partial charge on any atom is -0.455 e. The number of carbonyl (C=O) groups excluding carboxylic acids is 2. The molecule has 1 aromatic heterocycles. The normalized spacial score (nSPS) is 11.4. The van der Waals surface area contributed by atoms with Gasteiger partial charge in [-0.25, -0.2) is 18.1 Å². The van der Waals surface area contributed by atoms with Crippen LogP contribution in [-0.4, -0.2) is 38.4 Å². The van der Waals surface area contributed by atoms with Crippen molar-refractivity contribution in [1.29, 1.82) is 0 Å². The summed E-state index contributed by atoms with van der Waals surface area (Å²) >= 11 is 1.25. The SMILES string of the molecule is Cc1ccc(-c2csc(NC(=O)COC(=O)CNS(=O)(=O)/C=C/c3ccccc3)n2)cc1. The molecule has 0 aliphatic heterocycles. The van der Waals surface area contributed by atoms with Gasteiger partial charge < -0.3 is 4.74 Å². The van der Waals surface area contributed by atoms with E-state index in [0.29, 0.717) is 10.7 Å². The van der Waals surface area contributed by atoms with Crippen LogP contribution in [0.15, 0.2) is 65.4 Å². The third kappa shape index (κ3) is 7.41. The number of nitrogens with one attached hydrogen (secondary N) is 2. The number of benzene rings is 2. The van der Waals surface area contributed by atoms with Crippen molar-refractivity contribution in [3.8, 4) is 11.3 Å². The van der Waals surface area contributed by atoms with Crippen molar-refractivity contribution < 1.29 is 22.7 Å². The van der Waals surface area contributed by atoms with Gasteiger partial charge in [-0.3, -0.25) is 14.9 Å². The van der Waals surface area contributed by atoms with E-state index in [1.807, 2.05) is 42.6 Å². The molecule has 32 heavy (non-hydrogen) atoms. The molecule has 2 N–H and O–H groups in total. The molecule has 1 heterocycles. The number of amides is 1. The fraction of sp³-hybridized carbons (Fsp3) is 0.136. The first-order valence-corrected chi connectivity index (χ1v) is 11.9. The summed E-state index contributed by atoms with van der Waals surface area (Å²) < 4.78 is 30.8. The summed E-state index contributed by atoms with van der Waals surface area (Å²) in [5.41, 5.74) is 3.48. The summed E-state index contributed by atoms with van der Waals surface area (Å²) in [4.78, 5) is 28.1. The summed E-state index contributed by atoms with van der Waals surface area (Å²) in [7, 11) is -3.83. The molecule has 0 atom stereocenters. The van der Waals surface area contributed by atoms with Crippen LogP contribution in [0.2, 0.25) is 0 Å². The van der Waals surface area contributed by atoms with Crippen LogP contribution in [0.25, 0.3) is 17.3 Å². The molecule has 1 amide bonds. The third-order valence-corrected chi connectivity index (χ3v) is 5.92. The number of rotatable bonds is 9. The molecular weight excluding hydrogens is 450 g/mol. The molecular formula is C22H21N3O5S2. The molecule has 0 saturated carbocycles. The summed E-state index contributed by atoms with van der Waals surface area (Å²) in [6, 6.07) is 16.7. The third-order valence-electron chi connectivity index (χ3n) is 4.12. The molecule has 0 fully saturated rings. The summed E-state index contributed by atoms with van der Waals surface area (Å²) in [6.07, 6.45) is 1.40. The van der Waals surface area contributed by atoms with Crippen molar-refractivity contribution in [3.05, 3.63) is 76.5 Å². The van der Waals surface area contributed by atoms with Gasteiger partial charge in [-0.05, 0) is 18.6 Å². The average molecular weight is 472 g/mol. The van der Waals surface area contributed by atoms with Crippen LogP contribution in [0.4, 0.5) is 5.13 Å². The Morgan fingerprint density at radius 1 is 1.09 bits per heavy atom. The second kappa shape index (κ2) is 10.8. The van der Waals surface area contributed by atoms with Gasteiger partial charge in [0.15, 0.2) is 11.7 Å². The Hall–Kier alpha value is -3.34. The van der Waals surface area contributed by atoms with Gasteiger partial charge in [0.2, 0.25) is 10.0 Å². The lowest BCUT2D eigenvalue weighted by Crippen LogP contribution is -2.31. The zero-order valence-corrected chi connectivity index (χ0v) is 18.8. The van der Waals surface area contributed by atoms with Gasteiger partial charge >= 0.3 is 5.97 Å². The van der Waals surface area contributed by atoms with E-state index in [1.165, 1.54) is 17.4 Å². The van der Waals surface area contributed by atoms with Gasteiger partial charge in [-0.2, -0.15) is 0 Å². The second-order valence-corrected chi connectivity index (χ2v) is 9.20. The lowest BCUT2D eigenvalue weighted by atomic mass is 10.1. The maximum atomic E-state index is 12.0. The molecule has 10 heteroatoms. The van der Waals surface area contributed by atoms with E-state index in [1.54, 1.807) is 24.3 Å². The fourth-order valence-corrected chi connectivity index (χ4v) is 3.97. The van der Waals surface area contributed by atoms with Crippen LogP contribution in [0.1, 0.15) is 11.1 Å². The van der Waals surface area contributed by atoms with Gasteiger partial charge in [0.05, 0.1) is 5.69 Å². The number of nitrogens with zero attached hydrogens (tertiary/aromatic N) is 1. The highest BCUT2D eigenvalue weighted by atomic mass is 32.2. The first-order chi connectivity index (χ1) is 15.3. The molecule has 0 spiro atoms. The largest absolute Gasteiger partial charge is 0.455 e. The van der Waals surface area contributed by atoms with E-state index < -0.39 is 35.1 Å². The maximum absolute atomic E-state index is 12.0. The average Bonchev–Trinajstić information content (AvgIpc) is 3.24. The molecule has 166 valence electrons. The van der Waals surface area contributed by atoms with Gasteiger partial charge in [-0.1, -0.05) is 60.2 Å².